The summed E-state index contributed by atoms with van der Waals surface area (Å²) in [6, 6.07) is 0. The van der Waals surface area contributed by atoms with Crippen LogP contribution in [0.15, 0.2) is 63.8 Å². The monoisotopic (exact) mass is 441 g/mol. The van der Waals surface area contributed by atoms with Gasteiger partial charge in [0.1, 0.15) is 23.8 Å². The third-order valence-electron chi connectivity index (χ3n) is 5.57. The number of carbonyl (C=O) groups is 1. The first kappa shape index (κ1) is 20.1. The SMILES string of the molecule is CC1=C(C2=NN3C(C(=O)NC4C=CC=C(N5CCOCC5)N4)=CNC3C=C2)SC(C)N1. The van der Waals surface area contributed by atoms with Gasteiger partial charge >= 0.3 is 0 Å². The molecule has 4 N–H and O–H groups in total. The largest absolute Gasteiger partial charge is 0.378 e. The van der Waals surface area contributed by atoms with Gasteiger partial charge in [0, 0.05) is 25.0 Å². The molecule has 0 aromatic heterocycles. The molecule has 3 unspecified atom stereocenters. The topological polar surface area (TPSA) is 93.3 Å². The second-order valence-electron chi connectivity index (χ2n) is 7.82. The van der Waals surface area contributed by atoms with Crippen LogP contribution in [0.25, 0.3) is 0 Å². The summed E-state index contributed by atoms with van der Waals surface area (Å²) >= 11 is 1.75. The Morgan fingerprint density at radius 3 is 2.90 bits per heavy atom. The number of hydrazone groups is 1. The molecule has 0 aromatic carbocycles. The number of rotatable bonds is 4. The molecule has 5 rings (SSSR count). The van der Waals surface area contributed by atoms with Crippen molar-refractivity contribution in [1.82, 2.24) is 31.2 Å². The van der Waals surface area contributed by atoms with Crippen molar-refractivity contribution in [2.24, 2.45) is 5.10 Å². The highest BCUT2D eigenvalue weighted by molar-refractivity contribution is 8.04. The molecule has 5 heterocycles. The lowest BCUT2D eigenvalue weighted by Crippen LogP contribution is -2.51. The molecule has 10 heteroatoms. The van der Waals surface area contributed by atoms with E-state index in [0.717, 1.165) is 35.2 Å². The minimum Gasteiger partial charge on any atom is -0.378 e. The predicted molar refractivity (Wildman–Crippen MR) is 121 cm³/mol. The standard InChI is InChI=1S/C21H27N7O2S/c1-13-20(31-14(2)23-13)15-6-7-18-22-12-16(28(18)26-15)21(29)25-17-4-3-5-19(24-17)27-8-10-30-11-9-27/h3-7,12,14,17-18,22-24H,8-11H2,1-2H3,(H,25,29). The normalized spacial score (nSPS) is 29.5. The van der Waals surface area contributed by atoms with Crippen molar-refractivity contribution in [3.8, 4) is 0 Å². The second kappa shape index (κ2) is 8.35. The van der Waals surface area contributed by atoms with Gasteiger partial charge in [-0.15, -0.1) is 0 Å². The van der Waals surface area contributed by atoms with Crippen LogP contribution in [-0.2, 0) is 9.53 Å². The molecular formula is C21H27N7O2S. The van der Waals surface area contributed by atoms with Crippen molar-refractivity contribution in [3.05, 3.63) is 58.7 Å². The molecule has 0 saturated carbocycles. The molecule has 164 valence electrons. The molecule has 1 fully saturated rings. The Morgan fingerprint density at radius 2 is 2.13 bits per heavy atom. The van der Waals surface area contributed by atoms with Gasteiger partial charge in [-0.05, 0) is 38.2 Å². The van der Waals surface area contributed by atoms with Gasteiger partial charge < -0.3 is 30.9 Å². The number of fused-ring (bicyclic) bond motifs is 1. The summed E-state index contributed by atoms with van der Waals surface area (Å²) in [5.74, 6) is 0.811. The Labute approximate surface area is 186 Å². The molecule has 31 heavy (non-hydrogen) atoms. The molecular weight excluding hydrogens is 414 g/mol. The average molecular weight is 442 g/mol. The molecule has 1 saturated heterocycles. The lowest BCUT2D eigenvalue weighted by Gasteiger charge is -2.34. The molecule has 0 aliphatic carbocycles. The third kappa shape index (κ3) is 4.05. The Kier molecular flexibility index (Phi) is 5.41. The second-order valence-corrected chi connectivity index (χ2v) is 9.17. The van der Waals surface area contributed by atoms with Crippen LogP contribution in [0.1, 0.15) is 13.8 Å². The minimum atomic E-state index is -0.292. The highest BCUT2D eigenvalue weighted by atomic mass is 32.2. The number of hydrogen-bond acceptors (Lipinski definition) is 9. The zero-order valence-electron chi connectivity index (χ0n) is 17.6. The van der Waals surface area contributed by atoms with E-state index in [1.807, 2.05) is 30.4 Å². The lowest BCUT2D eigenvalue weighted by atomic mass is 10.2. The van der Waals surface area contributed by atoms with Crippen molar-refractivity contribution >= 4 is 23.4 Å². The number of thioether (sulfide) groups is 1. The van der Waals surface area contributed by atoms with E-state index in [9.17, 15) is 4.79 Å². The number of allylic oxidation sites excluding steroid dienone is 5. The van der Waals surface area contributed by atoms with E-state index in [4.69, 9.17) is 9.84 Å². The highest BCUT2D eigenvalue weighted by Crippen LogP contribution is 2.33. The van der Waals surface area contributed by atoms with Crippen molar-refractivity contribution in [3.63, 3.8) is 0 Å². The molecule has 0 radical (unpaired) electrons. The van der Waals surface area contributed by atoms with E-state index < -0.39 is 0 Å². The summed E-state index contributed by atoms with van der Waals surface area (Å²) in [6.45, 7) is 7.28. The Hall–Kier alpha value is -2.85. The van der Waals surface area contributed by atoms with Crippen LogP contribution < -0.4 is 21.3 Å². The quantitative estimate of drug-likeness (QED) is 0.506. The molecule has 5 aliphatic heterocycles. The fourth-order valence-electron chi connectivity index (χ4n) is 4.06. The predicted octanol–water partition coefficient (Wildman–Crippen LogP) is 0.674. The average Bonchev–Trinajstić information content (AvgIpc) is 3.36. The van der Waals surface area contributed by atoms with Crippen LogP contribution >= 0.6 is 11.8 Å². The molecule has 0 bridgehead atoms. The number of carbonyl (C=O) groups excluding carboxylic acids is 1. The van der Waals surface area contributed by atoms with E-state index in [-0.39, 0.29) is 18.2 Å². The van der Waals surface area contributed by atoms with Crippen LogP contribution in [0, 0.1) is 0 Å². The molecule has 3 atom stereocenters. The Morgan fingerprint density at radius 1 is 1.29 bits per heavy atom. The summed E-state index contributed by atoms with van der Waals surface area (Å²) < 4.78 is 5.43. The summed E-state index contributed by atoms with van der Waals surface area (Å²) in [5.41, 5.74) is 2.47. The number of morpholine rings is 1. The van der Waals surface area contributed by atoms with E-state index in [1.54, 1.807) is 23.0 Å². The summed E-state index contributed by atoms with van der Waals surface area (Å²) in [7, 11) is 0. The van der Waals surface area contributed by atoms with Crippen molar-refractivity contribution in [2.75, 3.05) is 26.3 Å². The highest BCUT2D eigenvalue weighted by Gasteiger charge is 2.33. The van der Waals surface area contributed by atoms with Gasteiger partial charge in [0.25, 0.3) is 5.91 Å². The van der Waals surface area contributed by atoms with E-state index in [0.29, 0.717) is 24.3 Å². The van der Waals surface area contributed by atoms with E-state index >= 15 is 0 Å². The summed E-state index contributed by atoms with van der Waals surface area (Å²) in [5, 5.41) is 19.9. The summed E-state index contributed by atoms with van der Waals surface area (Å²) in [4.78, 5) is 16.4. The maximum Gasteiger partial charge on any atom is 0.272 e. The van der Waals surface area contributed by atoms with Gasteiger partial charge in [-0.3, -0.25) is 4.79 Å². The number of ether oxygens (including phenoxy) is 1. The summed E-state index contributed by atoms with van der Waals surface area (Å²) in [6.07, 6.45) is 11.3. The first-order valence-corrected chi connectivity index (χ1v) is 11.4. The van der Waals surface area contributed by atoms with Gasteiger partial charge in [0.2, 0.25) is 0 Å². The molecule has 0 aromatic rings. The molecule has 5 aliphatic rings. The third-order valence-corrected chi connectivity index (χ3v) is 6.80. The number of nitrogens with zero attached hydrogens (tertiary/aromatic N) is 3. The molecule has 1 amide bonds. The fraction of sp³-hybridized carbons (Fsp3) is 0.429. The Bertz CT molecular complexity index is 945. The first-order chi connectivity index (χ1) is 15.1. The maximum absolute atomic E-state index is 13.1. The zero-order chi connectivity index (χ0) is 21.4. The fourth-order valence-corrected chi connectivity index (χ4v) is 5.11. The van der Waals surface area contributed by atoms with Crippen LogP contribution in [0.4, 0.5) is 0 Å². The van der Waals surface area contributed by atoms with Gasteiger partial charge in [0.15, 0.2) is 0 Å². The van der Waals surface area contributed by atoms with Crippen molar-refractivity contribution in [2.45, 2.75) is 31.6 Å². The van der Waals surface area contributed by atoms with E-state index in [2.05, 4.69) is 40.0 Å². The molecule has 0 spiro atoms. The van der Waals surface area contributed by atoms with Crippen LogP contribution in [0.3, 0.4) is 0 Å². The number of amides is 1. The Balaban J connectivity index is 1.25. The van der Waals surface area contributed by atoms with Crippen LogP contribution in [0.2, 0.25) is 0 Å². The molecule has 9 nitrogen and oxygen atoms in total. The van der Waals surface area contributed by atoms with Crippen LogP contribution in [-0.4, -0.2) is 65.5 Å². The van der Waals surface area contributed by atoms with Gasteiger partial charge in [-0.2, -0.15) is 5.10 Å². The van der Waals surface area contributed by atoms with Crippen molar-refractivity contribution < 1.29 is 9.53 Å². The minimum absolute atomic E-state index is 0.152. The number of nitrogens with one attached hydrogen (secondary N) is 4. The lowest BCUT2D eigenvalue weighted by molar-refractivity contribution is -0.119. The van der Waals surface area contributed by atoms with E-state index in [1.165, 1.54) is 0 Å². The van der Waals surface area contributed by atoms with Gasteiger partial charge in [0.05, 0.1) is 29.2 Å². The first-order valence-electron chi connectivity index (χ1n) is 10.5. The number of hydrogen-bond donors (Lipinski definition) is 4. The smallest absolute Gasteiger partial charge is 0.272 e. The van der Waals surface area contributed by atoms with Gasteiger partial charge in [-0.25, -0.2) is 5.01 Å². The van der Waals surface area contributed by atoms with Gasteiger partial charge in [-0.1, -0.05) is 17.8 Å². The van der Waals surface area contributed by atoms with Crippen LogP contribution in [0.5, 0.6) is 0 Å². The van der Waals surface area contributed by atoms with Crippen molar-refractivity contribution in [1.29, 1.82) is 0 Å². The number of dihydropyridines is 1. The zero-order valence-corrected chi connectivity index (χ0v) is 18.4. The maximum atomic E-state index is 13.1.